The molecule has 4 aromatic rings. The molecule has 0 saturated carbocycles. The molecule has 0 aliphatic carbocycles. The molecule has 0 spiro atoms. The van der Waals surface area contributed by atoms with Gasteiger partial charge < -0.3 is 4.90 Å². The number of rotatable bonds is 13. The van der Waals surface area contributed by atoms with Crippen molar-refractivity contribution in [2.45, 2.75) is 59.3 Å². The lowest BCUT2D eigenvalue weighted by atomic mass is 10.0. The van der Waals surface area contributed by atoms with E-state index in [1.165, 1.54) is 23.1 Å². The van der Waals surface area contributed by atoms with E-state index in [4.69, 9.17) is 0 Å². The summed E-state index contributed by atoms with van der Waals surface area (Å²) in [5.41, 5.74) is 4.31. The lowest BCUT2D eigenvalue weighted by Crippen LogP contribution is -2.37. The molecule has 208 valence electrons. The number of para-hydroxylation sites is 1. The zero-order valence-corrected chi connectivity index (χ0v) is 23.8. The highest BCUT2D eigenvalue weighted by atomic mass is 16.2. The van der Waals surface area contributed by atoms with Crippen LogP contribution in [0.15, 0.2) is 83.7 Å². The number of benzene rings is 3. The van der Waals surface area contributed by atoms with Crippen LogP contribution < -0.4 is 5.56 Å². The van der Waals surface area contributed by atoms with Gasteiger partial charge in [0, 0.05) is 17.7 Å². The van der Waals surface area contributed by atoms with E-state index in [-0.39, 0.29) is 23.8 Å². The molecule has 0 saturated heterocycles. The first-order chi connectivity index (χ1) is 19.5. The number of Topliss-reactive ketones (excluding diaryl/α,β-unsaturated/α-hetero) is 1. The maximum Gasteiger partial charge on any atom is 0.282 e. The van der Waals surface area contributed by atoms with Crippen LogP contribution in [-0.4, -0.2) is 39.5 Å². The molecule has 0 aliphatic rings. The summed E-state index contributed by atoms with van der Waals surface area (Å²) in [5.74, 6) is -0.588. The molecule has 1 N–H and O–H groups in total. The van der Waals surface area contributed by atoms with E-state index in [0.29, 0.717) is 29.9 Å². The molecule has 6 nitrogen and oxygen atoms in total. The van der Waals surface area contributed by atoms with Gasteiger partial charge in [0.15, 0.2) is 5.78 Å². The smallest absolute Gasteiger partial charge is 0.282 e. The van der Waals surface area contributed by atoms with Gasteiger partial charge in [0.1, 0.15) is 5.56 Å². The van der Waals surface area contributed by atoms with E-state index in [2.05, 4.69) is 12.0 Å². The topological polar surface area (TPSA) is 75.2 Å². The summed E-state index contributed by atoms with van der Waals surface area (Å²) >= 11 is 0. The standard InChI is InChI=1S/C34H39N3O3/c1-4-7-9-14-25-19-21-28(22-20-25)33(39)36(23-5-2)24-30(38)31-32(27-16-10-8-11-17-27)35-37(34(31)40)29-18-13-12-15-26(29)6-3/h8,10-13,15-22,35H,4-7,9,14,23-24H2,1-3H3. The van der Waals surface area contributed by atoms with Crippen LogP contribution in [0.4, 0.5) is 0 Å². The molecule has 0 atom stereocenters. The van der Waals surface area contributed by atoms with Crippen LogP contribution in [0.1, 0.15) is 78.3 Å². The van der Waals surface area contributed by atoms with Crippen molar-refractivity contribution >= 4 is 11.7 Å². The van der Waals surface area contributed by atoms with Gasteiger partial charge in [-0.05, 0) is 55.0 Å². The molecule has 3 aromatic carbocycles. The average molecular weight is 538 g/mol. The van der Waals surface area contributed by atoms with E-state index in [0.717, 1.165) is 30.4 Å². The molecular weight excluding hydrogens is 498 g/mol. The third-order valence-corrected chi connectivity index (χ3v) is 7.23. The maximum atomic E-state index is 13.9. The molecule has 6 heteroatoms. The Morgan fingerprint density at radius 3 is 2.20 bits per heavy atom. The minimum absolute atomic E-state index is 0.0669. The fraction of sp³-hybridized carbons (Fsp3) is 0.324. The lowest BCUT2D eigenvalue weighted by molar-refractivity contribution is 0.0709. The molecule has 1 heterocycles. The molecule has 4 rings (SSSR count). The predicted octanol–water partition coefficient (Wildman–Crippen LogP) is 6.86. The van der Waals surface area contributed by atoms with Gasteiger partial charge in [-0.25, -0.2) is 4.68 Å². The van der Waals surface area contributed by atoms with E-state index < -0.39 is 5.56 Å². The Kier molecular flexibility index (Phi) is 9.90. The van der Waals surface area contributed by atoms with Crippen LogP contribution in [0.25, 0.3) is 16.9 Å². The van der Waals surface area contributed by atoms with Crippen molar-refractivity contribution in [3.05, 3.63) is 111 Å². The Bertz CT molecular complexity index is 1480. The SMILES string of the molecule is CCCCCc1ccc(C(=O)N(CCC)CC(=O)c2c(-c3ccccc3)[nH]n(-c3ccccc3CC)c2=O)cc1. The zero-order chi connectivity index (χ0) is 28.5. The largest absolute Gasteiger partial charge is 0.331 e. The van der Waals surface area contributed by atoms with Crippen molar-refractivity contribution in [1.82, 2.24) is 14.7 Å². The normalized spacial score (nSPS) is 11.0. The van der Waals surface area contributed by atoms with E-state index in [9.17, 15) is 14.4 Å². The van der Waals surface area contributed by atoms with Crippen molar-refractivity contribution in [2.24, 2.45) is 0 Å². The number of hydrogen-bond donors (Lipinski definition) is 1. The molecule has 0 aliphatic heterocycles. The first kappa shape index (κ1) is 28.8. The third kappa shape index (κ3) is 6.50. The fourth-order valence-corrected chi connectivity index (χ4v) is 5.06. The predicted molar refractivity (Wildman–Crippen MR) is 161 cm³/mol. The fourth-order valence-electron chi connectivity index (χ4n) is 5.06. The summed E-state index contributed by atoms with van der Waals surface area (Å²) in [5, 5.41) is 3.21. The van der Waals surface area contributed by atoms with Crippen LogP contribution >= 0.6 is 0 Å². The van der Waals surface area contributed by atoms with Crippen molar-refractivity contribution in [2.75, 3.05) is 13.1 Å². The van der Waals surface area contributed by atoms with Crippen LogP contribution in [0, 0.1) is 0 Å². The van der Waals surface area contributed by atoms with E-state index >= 15 is 0 Å². The Morgan fingerprint density at radius 1 is 0.825 bits per heavy atom. The minimum atomic E-state index is -0.412. The second kappa shape index (κ2) is 13.7. The van der Waals surface area contributed by atoms with Crippen molar-refractivity contribution in [3.8, 4) is 16.9 Å². The zero-order valence-electron chi connectivity index (χ0n) is 23.8. The van der Waals surface area contributed by atoms with Gasteiger partial charge in [0.25, 0.3) is 11.5 Å². The van der Waals surface area contributed by atoms with Crippen LogP contribution in [0.3, 0.4) is 0 Å². The van der Waals surface area contributed by atoms with Crippen molar-refractivity contribution < 1.29 is 9.59 Å². The summed E-state index contributed by atoms with van der Waals surface area (Å²) in [6, 6.07) is 24.7. The molecule has 0 bridgehead atoms. The van der Waals surface area contributed by atoms with Gasteiger partial charge in [-0.15, -0.1) is 0 Å². The Balaban J connectivity index is 1.67. The molecule has 1 amide bonds. The number of aromatic amines is 1. The number of amides is 1. The van der Waals surface area contributed by atoms with Gasteiger partial charge in [0.2, 0.25) is 0 Å². The second-order valence-electron chi connectivity index (χ2n) is 10.2. The molecule has 0 unspecified atom stereocenters. The van der Waals surface area contributed by atoms with Gasteiger partial charge >= 0.3 is 0 Å². The number of aryl methyl sites for hydroxylation is 2. The summed E-state index contributed by atoms with van der Waals surface area (Å²) in [7, 11) is 0. The monoisotopic (exact) mass is 537 g/mol. The number of hydrogen-bond acceptors (Lipinski definition) is 3. The quantitative estimate of drug-likeness (QED) is 0.149. The minimum Gasteiger partial charge on any atom is -0.331 e. The second-order valence-corrected chi connectivity index (χ2v) is 10.2. The Labute approximate surface area is 236 Å². The van der Waals surface area contributed by atoms with Crippen molar-refractivity contribution in [1.29, 1.82) is 0 Å². The number of ketones is 1. The number of aromatic nitrogens is 2. The first-order valence-electron chi connectivity index (χ1n) is 14.4. The van der Waals surface area contributed by atoms with Gasteiger partial charge in [-0.1, -0.05) is 94.3 Å². The lowest BCUT2D eigenvalue weighted by Gasteiger charge is -2.21. The number of nitrogens with zero attached hydrogens (tertiary/aromatic N) is 2. The van der Waals surface area contributed by atoms with Crippen LogP contribution in [0.5, 0.6) is 0 Å². The number of unbranched alkanes of at least 4 members (excludes halogenated alkanes) is 2. The van der Waals surface area contributed by atoms with Crippen molar-refractivity contribution in [3.63, 3.8) is 0 Å². The van der Waals surface area contributed by atoms with Gasteiger partial charge in [-0.2, -0.15) is 0 Å². The first-order valence-corrected chi connectivity index (χ1v) is 14.4. The third-order valence-electron chi connectivity index (χ3n) is 7.23. The molecule has 0 radical (unpaired) electrons. The van der Waals surface area contributed by atoms with E-state index in [1.54, 1.807) is 4.90 Å². The highest BCUT2D eigenvalue weighted by Crippen LogP contribution is 2.23. The molecule has 40 heavy (non-hydrogen) atoms. The number of nitrogens with one attached hydrogen (secondary N) is 1. The van der Waals surface area contributed by atoms with Crippen LogP contribution in [0.2, 0.25) is 0 Å². The number of carbonyl (C=O) groups excluding carboxylic acids is 2. The van der Waals surface area contributed by atoms with Crippen LogP contribution in [-0.2, 0) is 12.8 Å². The van der Waals surface area contributed by atoms with Gasteiger partial charge in [0.05, 0.1) is 17.9 Å². The maximum absolute atomic E-state index is 13.9. The Morgan fingerprint density at radius 2 is 1.52 bits per heavy atom. The average Bonchev–Trinajstić information content (AvgIpc) is 3.34. The van der Waals surface area contributed by atoms with Gasteiger partial charge in [-0.3, -0.25) is 19.5 Å². The highest BCUT2D eigenvalue weighted by Gasteiger charge is 2.27. The summed E-state index contributed by atoms with van der Waals surface area (Å²) in [4.78, 5) is 42.7. The molecule has 0 fully saturated rings. The number of carbonyl (C=O) groups is 2. The highest BCUT2D eigenvalue weighted by molar-refractivity contribution is 6.05. The molecular formula is C34H39N3O3. The van der Waals surface area contributed by atoms with E-state index in [1.807, 2.05) is 92.7 Å². The summed E-state index contributed by atoms with van der Waals surface area (Å²) in [6.07, 6.45) is 5.90. The Hall–Kier alpha value is -4.19. The molecule has 1 aromatic heterocycles. The number of H-pyrrole nitrogens is 1. The summed E-state index contributed by atoms with van der Waals surface area (Å²) in [6.45, 7) is 6.43. The summed E-state index contributed by atoms with van der Waals surface area (Å²) < 4.78 is 1.46.